The van der Waals surface area contributed by atoms with E-state index in [1.807, 2.05) is 10.6 Å². The molecule has 0 unspecified atom stereocenters. The van der Waals surface area contributed by atoms with Crippen molar-refractivity contribution in [2.75, 3.05) is 6.61 Å². The summed E-state index contributed by atoms with van der Waals surface area (Å²) in [5.74, 6) is -0.0693. The number of rotatable bonds is 6. The number of aromatic carboxylic acids is 1. The highest BCUT2D eigenvalue weighted by Gasteiger charge is 2.16. The molecule has 1 aromatic heterocycles. The molecule has 102 valence electrons. The summed E-state index contributed by atoms with van der Waals surface area (Å²) in [7, 11) is 0. The number of fused-ring (bicyclic) bond motifs is 1. The van der Waals surface area contributed by atoms with Crippen LogP contribution in [-0.4, -0.2) is 32.3 Å². The number of aliphatic hydroxyl groups excluding tert-OH is 1. The van der Waals surface area contributed by atoms with Crippen LogP contribution >= 0.6 is 0 Å². The molecule has 0 bridgehead atoms. The van der Waals surface area contributed by atoms with E-state index in [2.05, 4.69) is 11.9 Å². The second kappa shape index (κ2) is 5.84. The van der Waals surface area contributed by atoms with E-state index in [4.69, 9.17) is 5.11 Å². The molecule has 0 fully saturated rings. The Bertz CT molecular complexity index is 590. The lowest BCUT2D eigenvalue weighted by molar-refractivity contribution is 0.0699. The number of carboxylic acids is 1. The molecule has 19 heavy (non-hydrogen) atoms. The molecule has 2 N–H and O–H groups in total. The van der Waals surface area contributed by atoms with Crippen molar-refractivity contribution in [1.29, 1.82) is 0 Å². The molecule has 2 rings (SSSR count). The van der Waals surface area contributed by atoms with Crippen LogP contribution in [0.25, 0.3) is 11.0 Å². The zero-order chi connectivity index (χ0) is 13.8. The number of para-hydroxylation sites is 1. The monoisotopic (exact) mass is 262 g/mol. The Kier molecular flexibility index (Phi) is 4.16. The van der Waals surface area contributed by atoms with Gasteiger partial charge in [0, 0.05) is 19.6 Å². The van der Waals surface area contributed by atoms with E-state index < -0.39 is 5.97 Å². The zero-order valence-corrected chi connectivity index (χ0v) is 11.0. The number of nitrogens with zero attached hydrogens (tertiary/aromatic N) is 2. The fraction of sp³-hybridized carbons (Fsp3) is 0.429. The van der Waals surface area contributed by atoms with Gasteiger partial charge in [0.15, 0.2) is 0 Å². The third kappa shape index (κ3) is 2.61. The summed E-state index contributed by atoms with van der Waals surface area (Å²) >= 11 is 0. The fourth-order valence-corrected chi connectivity index (χ4v) is 2.26. The van der Waals surface area contributed by atoms with E-state index >= 15 is 0 Å². The van der Waals surface area contributed by atoms with E-state index in [1.54, 1.807) is 12.1 Å². The Labute approximate surface area is 111 Å². The van der Waals surface area contributed by atoms with Crippen LogP contribution in [-0.2, 0) is 13.0 Å². The van der Waals surface area contributed by atoms with E-state index in [9.17, 15) is 9.90 Å². The van der Waals surface area contributed by atoms with Crippen LogP contribution in [0.2, 0.25) is 0 Å². The third-order valence-corrected chi connectivity index (χ3v) is 3.10. The summed E-state index contributed by atoms with van der Waals surface area (Å²) in [6.45, 7) is 2.84. The first-order valence-electron chi connectivity index (χ1n) is 6.51. The first-order chi connectivity index (χ1) is 9.19. The van der Waals surface area contributed by atoms with Crippen molar-refractivity contribution >= 4 is 17.0 Å². The Balaban J connectivity index is 2.58. The van der Waals surface area contributed by atoms with Crippen molar-refractivity contribution in [2.24, 2.45) is 0 Å². The number of aliphatic hydroxyl groups is 1. The van der Waals surface area contributed by atoms with Gasteiger partial charge in [-0.15, -0.1) is 0 Å². The molecule has 0 aliphatic rings. The van der Waals surface area contributed by atoms with Crippen molar-refractivity contribution in [3.63, 3.8) is 0 Å². The molecule has 0 spiro atoms. The lowest BCUT2D eigenvalue weighted by atomic mass is 10.2. The second-order valence-electron chi connectivity index (χ2n) is 4.49. The number of carbonyl (C=O) groups is 1. The van der Waals surface area contributed by atoms with Crippen LogP contribution in [0.4, 0.5) is 0 Å². The molecular weight excluding hydrogens is 244 g/mol. The first kappa shape index (κ1) is 13.5. The van der Waals surface area contributed by atoms with Gasteiger partial charge in [0.2, 0.25) is 0 Å². The van der Waals surface area contributed by atoms with Crippen molar-refractivity contribution in [3.8, 4) is 0 Å². The average molecular weight is 262 g/mol. The molecule has 0 aliphatic heterocycles. The molecule has 1 heterocycles. The number of aromatic nitrogens is 2. The van der Waals surface area contributed by atoms with E-state index in [0.717, 1.165) is 24.2 Å². The lowest BCUT2D eigenvalue weighted by Crippen LogP contribution is -2.05. The predicted molar refractivity (Wildman–Crippen MR) is 72.4 cm³/mol. The molecule has 0 aliphatic carbocycles. The van der Waals surface area contributed by atoms with E-state index in [1.165, 1.54) is 0 Å². The number of hydrogen-bond acceptors (Lipinski definition) is 3. The van der Waals surface area contributed by atoms with Crippen molar-refractivity contribution in [1.82, 2.24) is 9.55 Å². The summed E-state index contributed by atoms with van der Waals surface area (Å²) in [5, 5.41) is 18.2. The minimum Gasteiger partial charge on any atom is -0.478 e. The Hall–Kier alpha value is -1.88. The molecule has 0 saturated carbocycles. The Morgan fingerprint density at radius 3 is 2.84 bits per heavy atom. The standard InChI is InChI=1S/C14H18N2O3/c1-2-5-12-15-13-10(14(18)19)6-3-7-11(13)16(12)8-4-9-17/h3,6-7,17H,2,4-5,8-9H2,1H3,(H,18,19). The van der Waals surface area contributed by atoms with Gasteiger partial charge in [0.25, 0.3) is 0 Å². The first-order valence-corrected chi connectivity index (χ1v) is 6.51. The van der Waals surface area contributed by atoms with Gasteiger partial charge in [-0.1, -0.05) is 13.0 Å². The molecule has 0 atom stereocenters. The van der Waals surface area contributed by atoms with Gasteiger partial charge in [-0.3, -0.25) is 0 Å². The number of hydrogen-bond donors (Lipinski definition) is 2. The van der Waals surface area contributed by atoms with E-state index in [-0.39, 0.29) is 12.2 Å². The highest BCUT2D eigenvalue weighted by atomic mass is 16.4. The number of aryl methyl sites for hydroxylation is 2. The van der Waals surface area contributed by atoms with Crippen LogP contribution in [0, 0.1) is 0 Å². The quantitative estimate of drug-likeness (QED) is 0.835. The normalized spacial score (nSPS) is 11.1. The smallest absolute Gasteiger partial charge is 0.337 e. The minimum atomic E-state index is -0.958. The summed E-state index contributed by atoms with van der Waals surface area (Å²) in [6, 6.07) is 5.19. The molecule has 2 aromatic rings. The molecular formula is C14H18N2O3. The van der Waals surface area contributed by atoms with Crippen LogP contribution in [0.5, 0.6) is 0 Å². The predicted octanol–water partition coefficient (Wildman–Crippen LogP) is 2.07. The van der Waals surface area contributed by atoms with Crippen LogP contribution in [0.1, 0.15) is 35.9 Å². The Morgan fingerprint density at radius 2 is 2.21 bits per heavy atom. The Morgan fingerprint density at radius 1 is 1.42 bits per heavy atom. The van der Waals surface area contributed by atoms with Gasteiger partial charge >= 0.3 is 5.97 Å². The number of benzene rings is 1. The maximum Gasteiger partial charge on any atom is 0.337 e. The van der Waals surface area contributed by atoms with Crippen molar-refractivity contribution in [3.05, 3.63) is 29.6 Å². The van der Waals surface area contributed by atoms with Gasteiger partial charge in [-0.2, -0.15) is 0 Å². The van der Waals surface area contributed by atoms with Gasteiger partial charge in [0.1, 0.15) is 11.3 Å². The van der Waals surface area contributed by atoms with Crippen LogP contribution in [0.3, 0.4) is 0 Å². The topological polar surface area (TPSA) is 75.3 Å². The van der Waals surface area contributed by atoms with Gasteiger partial charge < -0.3 is 14.8 Å². The van der Waals surface area contributed by atoms with Crippen LogP contribution < -0.4 is 0 Å². The molecule has 5 nitrogen and oxygen atoms in total. The second-order valence-corrected chi connectivity index (χ2v) is 4.49. The number of imidazole rings is 1. The SMILES string of the molecule is CCCc1nc2c(C(=O)O)cccc2n1CCCO. The summed E-state index contributed by atoms with van der Waals surface area (Å²) < 4.78 is 2.02. The third-order valence-electron chi connectivity index (χ3n) is 3.10. The average Bonchev–Trinajstić information content (AvgIpc) is 2.74. The highest BCUT2D eigenvalue weighted by molar-refractivity contribution is 6.01. The van der Waals surface area contributed by atoms with Gasteiger partial charge in [0.05, 0.1) is 11.1 Å². The zero-order valence-electron chi connectivity index (χ0n) is 11.0. The maximum absolute atomic E-state index is 11.2. The van der Waals surface area contributed by atoms with Gasteiger partial charge in [-0.05, 0) is 25.0 Å². The van der Waals surface area contributed by atoms with Gasteiger partial charge in [-0.25, -0.2) is 9.78 Å². The molecule has 0 amide bonds. The summed E-state index contributed by atoms with van der Waals surface area (Å²) in [4.78, 5) is 15.7. The van der Waals surface area contributed by atoms with Crippen molar-refractivity contribution in [2.45, 2.75) is 32.7 Å². The molecule has 0 saturated heterocycles. The number of carboxylic acid groups (broad SMARTS) is 1. The molecule has 0 radical (unpaired) electrons. The highest BCUT2D eigenvalue weighted by Crippen LogP contribution is 2.21. The maximum atomic E-state index is 11.2. The minimum absolute atomic E-state index is 0.115. The molecule has 1 aromatic carbocycles. The van der Waals surface area contributed by atoms with Crippen LogP contribution in [0.15, 0.2) is 18.2 Å². The summed E-state index contributed by atoms with van der Waals surface area (Å²) in [5.41, 5.74) is 1.60. The fourth-order valence-electron chi connectivity index (χ4n) is 2.26. The molecule has 5 heteroatoms. The lowest BCUT2D eigenvalue weighted by Gasteiger charge is -2.07. The van der Waals surface area contributed by atoms with E-state index in [0.29, 0.717) is 18.5 Å². The largest absolute Gasteiger partial charge is 0.478 e. The summed E-state index contributed by atoms with van der Waals surface area (Å²) in [6.07, 6.45) is 2.39. The van der Waals surface area contributed by atoms with Crippen molar-refractivity contribution < 1.29 is 15.0 Å².